The van der Waals surface area contributed by atoms with Crippen molar-refractivity contribution in [3.8, 4) is 0 Å². The summed E-state index contributed by atoms with van der Waals surface area (Å²) in [6.07, 6.45) is 0.287. The zero-order valence-electron chi connectivity index (χ0n) is 10.3. The van der Waals surface area contributed by atoms with Crippen LogP contribution in [0.25, 0.3) is 0 Å². The molecule has 0 spiro atoms. The number of nitrogens with zero attached hydrogens (tertiary/aromatic N) is 1. The molecule has 0 atom stereocenters. The lowest BCUT2D eigenvalue weighted by Crippen LogP contribution is -2.20. The second-order valence-electron chi connectivity index (χ2n) is 4.03. The minimum atomic E-state index is -0.155. The molecule has 104 valence electrons. The third-order valence-corrected chi connectivity index (χ3v) is 3.81. The molecule has 0 saturated heterocycles. The standard InChI is InChI=1S/C13H12BrN3O2S/c14-9-1-2-11(10(6-9)13(15)17-19)16-12(18)5-8-3-4-20-7-8/h1-4,6-7,19H,5H2,(H2,15,17)(H,16,18). The maximum Gasteiger partial charge on any atom is 0.228 e. The molecular weight excluding hydrogens is 342 g/mol. The van der Waals surface area contributed by atoms with Crippen LogP contribution < -0.4 is 11.1 Å². The first-order valence-corrected chi connectivity index (χ1v) is 7.42. The van der Waals surface area contributed by atoms with Crippen molar-refractivity contribution >= 4 is 44.7 Å². The van der Waals surface area contributed by atoms with Crippen molar-refractivity contribution in [1.82, 2.24) is 0 Å². The summed E-state index contributed by atoms with van der Waals surface area (Å²) in [6, 6.07) is 7.04. The van der Waals surface area contributed by atoms with Crippen molar-refractivity contribution in [1.29, 1.82) is 0 Å². The quantitative estimate of drug-likeness (QED) is 0.341. The molecule has 2 aromatic rings. The molecule has 4 N–H and O–H groups in total. The number of nitrogens with two attached hydrogens (primary N) is 1. The fourth-order valence-electron chi connectivity index (χ4n) is 1.66. The first-order valence-electron chi connectivity index (χ1n) is 5.68. The van der Waals surface area contributed by atoms with Crippen molar-refractivity contribution in [3.63, 3.8) is 0 Å². The normalized spacial score (nSPS) is 11.3. The number of carbonyl (C=O) groups excluding carboxylic acids is 1. The molecule has 0 bridgehead atoms. The Morgan fingerprint density at radius 3 is 2.90 bits per heavy atom. The highest BCUT2D eigenvalue weighted by molar-refractivity contribution is 9.10. The molecule has 1 amide bonds. The fourth-order valence-corrected chi connectivity index (χ4v) is 2.69. The minimum absolute atomic E-state index is 0.0582. The molecular formula is C13H12BrN3O2S. The number of hydrogen-bond donors (Lipinski definition) is 3. The summed E-state index contributed by atoms with van der Waals surface area (Å²) >= 11 is 4.85. The molecule has 0 saturated carbocycles. The van der Waals surface area contributed by atoms with Crippen LogP contribution in [0.3, 0.4) is 0 Å². The Kier molecular flexibility index (Phi) is 4.75. The summed E-state index contributed by atoms with van der Waals surface area (Å²) in [5, 5.41) is 18.4. The summed E-state index contributed by atoms with van der Waals surface area (Å²) in [5.41, 5.74) is 7.52. The van der Waals surface area contributed by atoms with Gasteiger partial charge in [0.25, 0.3) is 0 Å². The number of nitrogens with one attached hydrogen (secondary N) is 1. The van der Waals surface area contributed by atoms with Gasteiger partial charge in [-0.2, -0.15) is 11.3 Å². The van der Waals surface area contributed by atoms with Crippen LogP contribution in [0.5, 0.6) is 0 Å². The third-order valence-electron chi connectivity index (χ3n) is 2.58. The van der Waals surface area contributed by atoms with Gasteiger partial charge in [-0.15, -0.1) is 0 Å². The van der Waals surface area contributed by atoms with E-state index in [0.29, 0.717) is 11.3 Å². The number of thiophene rings is 1. The lowest BCUT2D eigenvalue weighted by atomic mass is 10.1. The van der Waals surface area contributed by atoms with Crippen LogP contribution in [0.4, 0.5) is 5.69 Å². The van der Waals surface area contributed by atoms with Crippen molar-refractivity contribution < 1.29 is 10.0 Å². The van der Waals surface area contributed by atoms with Crippen molar-refractivity contribution in [2.24, 2.45) is 10.9 Å². The number of oxime groups is 1. The number of hydrogen-bond acceptors (Lipinski definition) is 4. The summed E-state index contributed by atoms with van der Waals surface area (Å²) in [4.78, 5) is 12.0. The van der Waals surface area contributed by atoms with Gasteiger partial charge < -0.3 is 16.3 Å². The molecule has 1 heterocycles. The van der Waals surface area contributed by atoms with Crippen molar-refractivity contribution in [2.75, 3.05) is 5.32 Å². The van der Waals surface area contributed by atoms with Gasteiger partial charge in [-0.3, -0.25) is 4.79 Å². The van der Waals surface area contributed by atoms with Gasteiger partial charge in [0.15, 0.2) is 5.84 Å². The van der Waals surface area contributed by atoms with Gasteiger partial charge in [-0.25, -0.2) is 0 Å². The second kappa shape index (κ2) is 6.53. The molecule has 1 aromatic heterocycles. The Morgan fingerprint density at radius 2 is 2.25 bits per heavy atom. The predicted molar refractivity (Wildman–Crippen MR) is 83.3 cm³/mol. The maximum absolute atomic E-state index is 12.0. The molecule has 0 unspecified atom stereocenters. The molecule has 0 aliphatic rings. The van der Waals surface area contributed by atoms with Crippen molar-refractivity contribution in [2.45, 2.75) is 6.42 Å². The van der Waals surface area contributed by atoms with Gasteiger partial charge >= 0.3 is 0 Å². The van der Waals surface area contributed by atoms with E-state index in [9.17, 15) is 4.79 Å². The lowest BCUT2D eigenvalue weighted by Gasteiger charge is -2.10. The Labute approximate surface area is 128 Å². The minimum Gasteiger partial charge on any atom is -0.409 e. The van der Waals surface area contributed by atoms with Gasteiger partial charge in [0, 0.05) is 10.0 Å². The van der Waals surface area contributed by atoms with Crippen LogP contribution in [0.1, 0.15) is 11.1 Å². The number of amides is 1. The molecule has 0 aliphatic carbocycles. The van der Waals surface area contributed by atoms with Gasteiger partial charge in [0.05, 0.1) is 12.1 Å². The summed E-state index contributed by atoms with van der Waals surface area (Å²) in [6.45, 7) is 0. The summed E-state index contributed by atoms with van der Waals surface area (Å²) < 4.78 is 0.773. The SMILES string of the molecule is N/C(=N/O)c1cc(Br)ccc1NC(=O)Cc1ccsc1. The molecule has 2 rings (SSSR count). The van der Waals surface area contributed by atoms with Crippen LogP contribution in [0.15, 0.2) is 44.7 Å². The topological polar surface area (TPSA) is 87.7 Å². The number of amidine groups is 1. The van der Waals surface area contributed by atoms with Crippen LogP contribution >= 0.6 is 27.3 Å². The first-order chi connectivity index (χ1) is 9.60. The average Bonchev–Trinajstić information content (AvgIpc) is 2.92. The van der Waals surface area contributed by atoms with Gasteiger partial charge in [0.2, 0.25) is 5.91 Å². The van der Waals surface area contributed by atoms with E-state index in [2.05, 4.69) is 26.4 Å². The average molecular weight is 354 g/mol. The van der Waals surface area contributed by atoms with Crippen LogP contribution in [0, 0.1) is 0 Å². The zero-order chi connectivity index (χ0) is 14.5. The third kappa shape index (κ3) is 3.58. The highest BCUT2D eigenvalue weighted by Gasteiger charge is 2.11. The number of benzene rings is 1. The maximum atomic E-state index is 12.0. The first kappa shape index (κ1) is 14.5. The molecule has 0 aliphatic heterocycles. The summed E-state index contributed by atoms with van der Waals surface area (Å²) in [7, 11) is 0. The molecule has 0 fully saturated rings. The van der Waals surface area contributed by atoms with Crippen LogP contribution in [0.2, 0.25) is 0 Å². The largest absolute Gasteiger partial charge is 0.409 e. The van der Waals surface area contributed by atoms with E-state index in [1.165, 1.54) is 0 Å². The fraction of sp³-hybridized carbons (Fsp3) is 0.0769. The van der Waals surface area contributed by atoms with E-state index in [4.69, 9.17) is 10.9 Å². The Morgan fingerprint density at radius 1 is 1.45 bits per heavy atom. The number of anilines is 1. The Balaban J connectivity index is 2.18. The Hall–Kier alpha value is -1.86. The highest BCUT2D eigenvalue weighted by atomic mass is 79.9. The second-order valence-corrected chi connectivity index (χ2v) is 5.73. The van der Waals surface area contributed by atoms with E-state index >= 15 is 0 Å². The Bertz CT molecular complexity index is 641. The van der Waals surface area contributed by atoms with E-state index < -0.39 is 0 Å². The van der Waals surface area contributed by atoms with Crippen molar-refractivity contribution in [3.05, 3.63) is 50.6 Å². The van der Waals surface area contributed by atoms with Gasteiger partial charge in [0.1, 0.15) is 0 Å². The van der Waals surface area contributed by atoms with Crippen LogP contribution in [-0.4, -0.2) is 17.0 Å². The molecule has 20 heavy (non-hydrogen) atoms. The van der Waals surface area contributed by atoms with Crippen LogP contribution in [-0.2, 0) is 11.2 Å². The lowest BCUT2D eigenvalue weighted by molar-refractivity contribution is -0.115. The number of rotatable bonds is 4. The van der Waals surface area contributed by atoms with E-state index in [1.54, 1.807) is 29.5 Å². The molecule has 1 aromatic carbocycles. The molecule has 0 radical (unpaired) electrons. The summed E-state index contributed by atoms with van der Waals surface area (Å²) in [5.74, 6) is -0.213. The van der Waals surface area contributed by atoms with E-state index in [0.717, 1.165) is 10.0 Å². The van der Waals surface area contributed by atoms with E-state index in [-0.39, 0.29) is 18.2 Å². The smallest absolute Gasteiger partial charge is 0.228 e. The van der Waals surface area contributed by atoms with Gasteiger partial charge in [-0.1, -0.05) is 21.1 Å². The van der Waals surface area contributed by atoms with E-state index in [1.807, 2.05) is 16.8 Å². The predicted octanol–water partition coefficient (Wildman–Crippen LogP) is 2.79. The van der Waals surface area contributed by atoms with Gasteiger partial charge in [-0.05, 0) is 40.6 Å². The molecule has 5 nitrogen and oxygen atoms in total. The molecule has 7 heteroatoms. The number of halogens is 1. The monoisotopic (exact) mass is 353 g/mol. The number of carbonyl (C=O) groups is 1. The zero-order valence-corrected chi connectivity index (χ0v) is 12.7. The highest BCUT2D eigenvalue weighted by Crippen LogP contribution is 2.21.